The Bertz CT molecular complexity index is 1280. The molecule has 8 heteroatoms. The lowest BCUT2D eigenvalue weighted by molar-refractivity contribution is 0.102. The Morgan fingerprint density at radius 3 is 2.44 bits per heavy atom. The number of hydrogen-bond donors (Lipinski definition) is 2. The zero-order chi connectivity index (χ0) is 21.9. The summed E-state index contributed by atoms with van der Waals surface area (Å²) in [5.41, 5.74) is 3.10. The van der Waals surface area contributed by atoms with Gasteiger partial charge in [0.15, 0.2) is 17.3 Å². The minimum atomic E-state index is -0.325. The third-order valence-electron chi connectivity index (χ3n) is 4.83. The molecule has 32 heavy (non-hydrogen) atoms. The van der Waals surface area contributed by atoms with Crippen molar-refractivity contribution in [1.82, 2.24) is 10.2 Å². The Balaban J connectivity index is 1.23. The second-order valence-corrected chi connectivity index (χ2v) is 7.04. The molecule has 4 aromatic rings. The van der Waals surface area contributed by atoms with Crippen molar-refractivity contribution in [3.8, 4) is 22.8 Å². The van der Waals surface area contributed by atoms with E-state index in [9.17, 15) is 9.18 Å². The second kappa shape index (κ2) is 8.35. The number of rotatable bonds is 5. The number of nitrogens with one attached hydrogen (secondary N) is 2. The summed E-state index contributed by atoms with van der Waals surface area (Å²) < 4.78 is 24.0. The lowest BCUT2D eigenvalue weighted by Crippen LogP contribution is -2.11. The van der Waals surface area contributed by atoms with Crippen LogP contribution in [0.15, 0.2) is 78.9 Å². The molecule has 0 atom stereocenters. The minimum Gasteiger partial charge on any atom is -0.454 e. The molecule has 5 rings (SSSR count). The fourth-order valence-electron chi connectivity index (χ4n) is 3.23. The normalized spacial score (nSPS) is 11.8. The third-order valence-corrected chi connectivity index (χ3v) is 4.83. The van der Waals surface area contributed by atoms with Crippen molar-refractivity contribution in [2.75, 3.05) is 17.4 Å². The van der Waals surface area contributed by atoms with Gasteiger partial charge in [0, 0.05) is 28.6 Å². The van der Waals surface area contributed by atoms with E-state index in [1.807, 2.05) is 0 Å². The monoisotopic (exact) mass is 428 g/mol. The van der Waals surface area contributed by atoms with Gasteiger partial charge in [0.1, 0.15) is 5.82 Å². The molecule has 2 heterocycles. The molecule has 158 valence electrons. The lowest BCUT2D eigenvalue weighted by atomic mass is 10.1. The molecule has 1 aromatic heterocycles. The molecule has 0 saturated carbocycles. The molecule has 0 unspecified atom stereocenters. The van der Waals surface area contributed by atoms with Crippen molar-refractivity contribution in [2.24, 2.45) is 0 Å². The minimum absolute atomic E-state index is 0.180. The Hall–Kier alpha value is -4.46. The van der Waals surface area contributed by atoms with Crippen LogP contribution in [-0.4, -0.2) is 22.9 Å². The highest BCUT2D eigenvalue weighted by Crippen LogP contribution is 2.34. The molecule has 0 aliphatic carbocycles. The number of amides is 1. The van der Waals surface area contributed by atoms with Crippen molar-refractivity contribution in [2.45, 2.75) is 0 Å². The van der Waals surface area contributed by atoms with E-state index in [0.29, 0.717) is 39.8 Å². The molecule has 1 aliphatic heterocycles. The number of carbonyl (C=O) groups excluding carboxylic acids is 1. The van der Waals surface area contributed by atoms with E-state index in [-0.39, 0.29) is 18.5 Å². The van der Waals surface area contributed by atoms with Gasteiger partial charge in [-0.2, -0.15) is 0 Å². The van der Waals surface area contributed by atoms with Crippen molar-refractivity contribution in [3.05, 3.63) is 90.2 Å². The van der Waals surface area contributed by atoms with Crippen LogP contribution >= 0.6 is 0 Å². The largest absolute Gasteiger partial charge is 0.454 e. The van der Waals surface area contributed by atoms with Crippen LogP contribution < -0.4 is 20.1 Å². The standard InChI is InChI=1S/C24H17FN4O3/c25-17-3-1-2-16(12-17)20-9-11-23(29-28-20)26-18-6-4-15(5-7-18)24(30)27-19-8-10-21-22(13-19)32-14-31-21/h1-13H,14H2,(H,26,29)(H,27,30). The van der Waals surface area contributed by atoms with E-state index in [4.69, 9.17) is 9.47 Å². The first-order chi connectivity index (χ1) is 15.6. The van der Waals surface area contributed by atoms with Gasteiger partial charge in [-0.3, -0.25) is 4.79 Å². The predicted octanol–water partition coefficient (Wildman–Crippen LogP) is 5.01. The molecule has 0 radical (unpaired) electrons. The highest BCUT2D eigenvalue weighted by Gasteiger charge is 2.14. The average Bonchev–Trinajstić information content (AvgIpc) is 3.28. The summed E-state index contributed by atoms with van der Waals surface area (Å²) >= 11 is 0. The molecule has 3 aromatic carbocycles. The molecule has 2 N–H and O–H groups in total. The number of fused-ring (bicyclic) bond motifs is 1. The van der Waals surface area contributed by atoms with Crippen molar-refractivity contribution >= 4 is 23.1 Å². The highest BCUT2D eigenvalue weighted by atomic mass is 19.1. The van der Waals surface area contributed by atoms with Crippen molar-refractivity contribution < 1.29 is 18.7 Å². The maximum Gasteiger partial charge on any atom is 0.255 e. The first kappa shape index (κ1) is 19.5. The van der Waals surface area contributed by atoms with Crippen LogP contribution in [0.4, 0.5) is 21.6 Å². The molecule has 0 fully saturated rings. The summed E-state index contributed by atoms with van der Waals surface area (Å²) in [5.74, 6) is 1.23. The Kier molecular flexibility index (Phi) is 5.09. The summed E-state index contributed by atoms with van der Waals surface area (Å²) in [4.78, 5) is 12.5. The number of ether oxygens (including phenoxy) is 2. The fourth-order valence-corrected chi connectivity index (χ4v) is 3.23. The number of benzene rings is 3. The summed E-state index contributed by atoms with van der Waals surface area (Å²) in [5, 5.41) is 14.2. The zero-order valence-electron chi connectivity index (χ0n) is 16.7. The molecule has 0 saturated heterocycles. The second-order valence-electron chi connectivity index (χ2n) is 7.04. The molecule has 1 amide bonds. The molecule has 1 aliphatic rings. The number of nitrogens with zero attached hydrogens (tertiary/aromatic N) is 2. The van der Waals surface area contributed by atoms with Crippen LogP contribution in [0.2, 0.25) is 0 Å². The summed E-state index contributed by atoms with van der Waals surface area (Å²) in [6, 6.07) is 21.9. The average molecular weight is 428 g/mol. The molecule has 0 bridgehead atoms. The first-order valence-electron chi connectivity index (χ1n) is 9.82. The maximum absolute atomic E-state index is 13.4. The van der Waals surface area contributed by atoms with Crippen LogP contribution in [0.3, 0.4) is 0 Å². The van der Waals surface area contributed by atoms with E-state index in [0.717, 1.165) is 5.69 Å². The van der Waals surface area contributed by atoms with Crippen LogP contribution in [0, 0.1) is 5.82 Å². The third kappa shape index (κ3) is 4.20. The number of anilines is 3. The lowest BCUT2D eigenvalue weighted by Gasteiger charge is -2.08. The van der Waals surface area contributed by atoms with Gasteiger partial charge in [-0.05, 0) is 60.7 Å². The number of halogens is 1. The van der Waals surface area contributed by atoms with E-state index >= 15 is 0 Å². The van der Waals surface area contributed by atoms with Gasteiger partial charge in [-0.15, -0.1) is 10.2 Å². The maximum atomic E-state index is 13.4. The Morgan fingerprint density at radius 2 is 1.66 bits per heavy atom. The summed E-state index contributed by atoms with van der Waals surface area (Å²) in [7, 11) is 0. The molecular formula is C24H17FN4O3. The molecular weight excluding hydrogens is 411 g/mol. The molecule has 7 nitrogen and oxygen atoms in total. The number of hydrogen-bond acceptors (Lipinski definition) is 6. The topological polar surface area (TPSA) is 85.4 Å². The number of aromatic nitrogens is 2. The predicted molar refractivity (Wildman–Crippen MR) is 118 cm³/mol. The smallest absolute Gasteiger partial charge is 0.255 e. The van der Waals surface area contributed by atoms with E-state index < -0.39 is 0 Å². The molecule has 0 spiro atoms. The zero-order valence-corrected chi connectivity index (χ0v) is 16.7. The number of carbonyl (C=O) groups is 1. The fraction of sp³-hybridized carbons (Fsp3) is 0.0417. The van der Waals surface area contributed by atoms with E-state index in [1.54, 1.807) is 66.7 Å². The van der Waals surface area contributed by atoms with Crippen LogP contribution in [-0.2, 0) is 0 Å². The van der Waals surface area contributed by atoms with Crippen LogP contribution in [0.25, 0.3) is 11.3 Å². The summed E-state index contributed by atoms with van der Waals surface area (Å²) in [6.45, 7) is 0.180. The van der Waals surface area contributed by atoms with Crippen LogP contribution in [0.5, 0.6) is 11.5 Å². The Morgan fingerprint density at radius 1 is 0.844 bits per heavy atom. The quantitative estimate of drug-likeness (QED) is 0.465. The SMILES string of the molecule is O=C(Nc1ccc2c(c1)OCO2)c1ccc(Nc2ccc(-c3cccc(F)c3)nn2)cc1. The summed E-state index contributed by atoms with van der Waals surface area (Å²) in [6.07, 6.45) is 0. The van der Waals surface area contributed by atoms with Crippen molar-refractivity contribution in [1.29, 1.82) is 0 Å². The van der Waals surface area contributed by atoms with Crippen LogP contribution in [0.1, 0.15) is 10.4 Å². The highest BCUT2D eigenvalue weighted by molar-refractivity contribution is 6.04. The van der Waals surface area contributed by atoms with E-state index in [1.165, 1.54) is 12.1 Å². The van der Waals surface area contributed by atoms with Gasteiger partial charge < -0.3 is 20.1 Å². The van der Waals surface area contributed by atoms with Gasteiger partial charge in [-0.25, -0.2) is 4.39 Å². The van der Waals surface area contributed by atoms with E-state index in [2.05, 4.69) is 20.8 Å². The van der Waals surface area contributed by atoms with Gasteiger partial charge in [0.25, 0.3) is 5.91 Å². The van der Waals surface area contributed by atoms with Crippen molar-refractivity contribution in [3.63, 3.8) is 0 Å². The first-order valence-corrected chi connectivity index (χ1v) is 9.82. The van der Waals surface area contributed by atoms with Gasteiger partial charge in [0.05, 0.1) is 5.69 Å². The van der Waals surface area contributed by atoms with Gasteiger partial charge >= 0.3 is 0 Å². The van der Waals surface area contributed by atoms with Gasteiger partial charge in [-0.1, -0.05) is 12.1 Å². The Labute approximate surface area is 182 Å². The van der Waals surface area contributed by atoms with Gasteiger partial charge in [0.2, 0.25) is 6.79 Å².